The van der Waals surface area contributed by atoms with Crippen molar-refractivity contribution in [2.45, 2.75) is 50.0 Å². The summed E-state index contributed by atoms with van der Waals surface area (Å²) in [7, 11) is 3.56. The molecule has 2 saturated heterocycles. The number of benzene rings is 1. The summed E-state index contributed by atoms with van der Waals surface area (Å²) >= 11 is 0. The smallest absolute Gasteiger partial charge is 0.246 e. The molecule has 1 aromatic carbocycles. The summed E-state index contributed by atoms with van der Waals surface area (Å²) in [5.41, 5.74) is 1.13. The standard InChI is InChI=1S/C22H32N4O4/c1-21(24-20(28)14-29-3)15-22(30-13-18(21)27)8-10-26(11-9-22)12-19-23-16-6-4-5-7-17(16)25(19)2/h4-7,18,27H,8-15H2,1-3H3,(H,24,28)/t18-,21-/m0/s1. The number of imidazole rings is 1. The van der Waals surface area contributed by atoms with Crippen molar-refractivity contribution in [2.75, 3.05) is 33.4 Å². The van der Waals surface area contributed by atoms with Crippen LogP contribution in [-0.2, 0) is 27.9 Å². The van der Waals surface area contributed by atoms with E-state index in [1.165, 1.54) is 7.11 Å². The molecule has 4 rings (SSSR count). The van der Waals surface area contributed by atoms with Gasteiger partial charge >= 0.3 is 0 Å². The number of hydrogen-bond donors (Lipinski definition) is 2. The summed E-state index contributed by atoms with van der Waals surface area (Å²) in [5, 5.41) is 13.5. The van der Waals surface area contributed by atoms with E-state index in [2.05, 4.69) is 27.9 Å². The van der Waals surface area contributed by atoms with Gasteiger partial charge in [-0.15, -0.1) is 0 Å². The summed E-state index contributed by atoms with van der Waals surface area (Å²) in [5.74, 6) is 0.846. The highest BCUT2D eigenvalue weighted by molar-refractivity contribution is 5.78. The van der Waals surface area contributed by atoms with Crippen LogP contribution in [0.2, 0.25) is 0 Å². The first-order valence-electron chi connectivity index (χ1n) is 10.6. The Hall–Kier alpha value is -2.00. The number of fused-ring (bicyclic) bond motifs is 1. The van der Waals surface area contributed by atoms with Crippen LogP contribution < -0.4 is 5.32 Å². The minimum Gasteiger partial charge on any atom is -0.388 e. The maximum Gasteiger partial charge on any atom is 0.246 e. The number of para-hydroxylation sites is 2. The molecule has 2 aliphatic rings. The lowest BCUT2D eigenvalue weighted by Crippen LogP contribution is -2.66. The lowest BCUT2D eigenvalue weighted by Gasteiger charge is -2.52. The number of likely N-dealkylation sites (tertiary alicyclic amines) is 1. The lowest BCUT2D eigenvalue weighted by molar-refractivity contribution is -0.182. The van der Waals surface area contributed by atoms with E-state index < -0.39 is 11.6 Å². The quantitative estimate of drug-likeness (QED) is 0.762. The van der Waals surface area contributed by atoms with E-state index in [9.17, 15) is 9.90 Å². The van der Waals surface area contributed by atoms with Gasteiger partial charge in [0.1, 0.15) is 18.5 Å². The number of aliphatic hydroxyl groups is 1. The predicted molar refractivity (Wildman–Crippen MR) is 113 cm³/mol. The van der Waals surface area contributed by atoms with Crippen molar-refractivity contribution >= 4 is 16.9 Å². The number of aliphatic hydroxyl groups excluding tert-OH is 1. The van der Waals surface area contributed by atoms with Gasteiger partial charge in [0.15, 0.2) is 0 Å². The average Bonchev–Trinajstić information content (AvgIpc) is 3.03. The molecule has 2 N–H and O–H groups in total. The Bertz CT molecular complexity index is 906. The van der Waals surface area contributed by atoms with E-state index >= 15 is 0 Å². The maximum absolute atomic E-state index is 12.1. The van der Waals surface area contributed by atoms with Crippen molar-refractivity contribution in [2.24, 2.45) is 7.05 Å². The number of ether oxygens (including phenoxy) is 2. The molecule has 0 radical (unpaired) electrons. The molecular formula is C22H32N4O4. The van der Waals surface area contributed by atoms with Crippen LogP contribution in [0.25, 0.3) is 11.0 Å². The summed E-state index contributed by atoms with van der Waals surface area (Å²) in [6.07, 6.45) is 1.58. The monoisotopic (exact) mass is 416 g/mol. The van der Waals surface area contributed by atoms with Gasteiger partial charge in [0.05, 0.1) is 35.3 Å². The highest BCUT2D eigenvalue weighted by atomic mass is 16.5. The van der Waals surface area contributed by atoms with E-state index in [1.54, 1.807) is 0 Å². The van der Waals surface area contributed by atoms with E-state index in [0.29, 0.717) is 6.42 Å². The molecule has 1 amide bonds. The van der Waals surface area contributed by atoms with Gasteiger partial charge in [0.25, 0.3) is 0 Å². The van der Waals surface area contributed by atoms with Crippen LogP contribution in [0.3, 0.4) is 0 Å². The number of carbonyl (C=O) groups is 1. The molecule has 8 heteroatoms. The molecule has 164 valence electrons. The van der Waals surface area contributed by atoms with Crippen LogP contribution >= 0.6 is 0 Å². The van der Waals surface area contributed by atoms with Gasteiger partial charge in [0.2, 0.25) is 5.91 Å². The Morgan fingerprint density at radius 3 is 2.80 bits per heavy atom. The van der Waals surface area contributed by atoms with Crippen molar-refractivity contribution in [1.82, 2.24) is 19.8 Å². The number of nitrogens with one attached hydrogen (secondary N) is 1. The summed E-state index contributed by atoms with van der Waals surface area (Å²) in [6, 6.07) is 8.19. The highest BCUT2D eigenvalue weighted by Gasteiger charge is 2.50. The normalized spacial score (nSPS) is 26.9. The summed E-state index contributed by atoms with van der Waals surface area (Å²) in [6.45, 7) is 4.70. The van der Waals surface area contributed by atoms with Gasteiger partial charge in [-0.2, -0.15) is 0 Å². The summed E-state index contributed by atoms with van der Waals surface area (Å²) in [4.78, 5) is 19.3. The third kappa shape index (κ3) is 4.09. The number of hydrogen-bond acceptors (Lipinski definition) is 6. The number of aryl methyl sites for hydroxylation is 1. The molecule has 0 unspecified atom stereocenters. The first kappa shape index (κ1) is 21.2. The SMILES string of the molecule is COCC(=O)N[C@@]1(C)CC2(CCN(Cc3nc4ccccc4n3C)CC2)OC[C@@H]1O. The largest absolute Gasteiger partial charge is 0.388 e. The van der Waals surface area contributed by atoms with Crippen molar-refractivity contribution in [3.8, 4) is 0 Å². The Labute approximate surface area is 177 Å². The minimum atomic E-state index is -0.734. The molecule has 2 fully saturated rings. The van der Waals surface area contributed by atoms with Crippen LogP contribution in [-0.4, -0.2) is 76.1 Å². The van der Waals surface area contributed by atoms with Gasteiger partial charge in [-0.1, -0.05) is 12.1 Å². The van der Waals surface area contributed by atoms with Crippen molar-refractivity contribution in [3.63, 3.8) is 0 Å². The molecule has 0 bridgehead atoms. The van der Waals surface area contributed by atoms with Gasteiger partial charge in [-0.25, -0.2) is 4.98 Å². The molecule has 2 atom stereocenters. The molecule has 0 saturated carbocycles. The van der Waals surface area contributed by atoms with Crippen LogP contribution in [0.4, 0.5) is 0 Å². The van der Waals surface area contributed by atoms with Crippen molar-refractivity contribution in [1.29, 1.82) is 0 Å². The zero-order valence-corrected chi connectivity index (χ0v) is 18.1. The fourth-order valence-corrected chi connectivity index (χ4v) is 4.87. The Morgan fingerprint density at radius 1 is 1.37 bits per heavy atom. The molecule has 1 aromatic heterocycles. The number of carbonyl (C=O) groups excluding carboxylic acids is 1. The number of methoxy groups -OCH3 is 1. The third-order valence-electron chi connectivity index (χ3n) is 6.68. The van der Waals surface area contributed by atoms with E-state index in [-0.39, 0.29) is 24.7 Å². The second-order valence-electron chi connectivity index (χ2n) is 8.94. The Morgan fingerprint density at radius 2 is 2.10 bits per heavy atom. The molecule has 30 heavy (non-hydrogen) atoms. The van der Waals surface area contributed by atoms with Crippen LogP contribution in [0, 0.1) is 0 Å². The number of rotatable bonds is 5. The number of aromatic nitrogens is 2. The van der Waals surface area contributed by atoms with Gasteiger partial charge in [0, 0.05) is 33.7 Å². The molecule has 2 aromatic rings. The van der Waals surface area contributed by atoms with E-state index in [4.69, 9.17) is 14.5 Å². The van der Waals surface area contributed by atoms with Crippen LogP contribution in [0.5, 0.6) is 0 Å². The molecule has 8 nitrogen and oxygen atoms in total. The molecule has 3 heterocycles. The Balaban J connectivity index is 1.40. The van der Waals surface area contributed by atoms with Crippen molar-refractivity contribution in [3.05, 3.63) is 30.1 Å². The van der Waals surface area contributed by atoms with Crippen molar-refractivity contribution < 1.29 is 19.4 Å². The fourth-order valence-electron chi connectivity index (χ4n) is 4.87. The zero-order valence-electron chi connectivity index (χ0n) is 18.1. The maximum atomic E-state index is 12.1. The van der Waals surface area contributed by atoms with Gasteiger partial charge in [-0.3, -0.25) is 9.69 Å². The fraction of sp³-hybridized carbons (Fsp3) is 0.636. The lowest BCUT2D eigenvalue weighted by atomic mass is 9.74. The first-order valence-corrected chi connectivity index (χ1v) is 10.6. The summed E-state index contributed by atoms with van der Waals surface area (Å²) < 4.78 is 13.2. The number of amides is 1. The first-order chi connectivity index (χ1) is 14.3. The molecule has 0 aliphatic carbocycles. The highest BCUT2D eigenvalue weighted by Crippen LogP contribution is 2.40. The predicted octanol–water partition coefficient (Wildman–Crippen LogP) is 1.21. The molecule has 2 aliphatic heterocycles. The zero-order chi connectivity index (χ0) is 21.4. The number of piperidine rings is 1. The minimum absolute atomic E-state index is 0.0119. The van der Waals surface area contributed by atoms with E-state index in [1.807, 2.05) is 25.1 Å². The second-order valence-corrected chi connectivity index (χ2v) is 8.94. The van der Waals surface area contributed by atoms with Crippen LogP contribution in [0.1, 0.15) is 32.0 Å². The second kappa shape index (κ2) is 8.26. The average molecular weight is 417 g/mol. The third-order valence-corrected chi connectivity index (χ3v) is 6.68. The molecular weight excluding hydrogens is 384 g/mol. The van der Waals surface area contributed by atoms with Gasteiger partial charge < -0.3 is 24.5 Å². The van der Waals surface area contributed by atoms with E-state index in [0.717, 1.165) is 49.3 Å². The Kier molecular flexibility index (Phi) is 5.85. The van der Waals surface area contributed by atoms with Gasteiger partial charge in [-0.05, 0) is 31.9 Å². The number of nitrogens with zero attached hydrogens (tertiary/aromatic N) is 3. The molecule has 1 spiro atoms. The topological polar surface area (TPSA) is 88.9 Å². The van der Waals surface area contributed by atoms with Crippen LogP contribution in [0.15, 0.2) is 24.3 Å².